The molecule has 1 aromatic heterocycles. The minimum atomic E-state index is -0.319. The highest BCUT2D eigenvalue weighted by atomic mass is 16.3. The lowest BCUT2D eigenvalue weighted by molar-refractivity contribution is -0.625. The first kappa shape index (κ1) is 17.9. The Balaban J connectivity index is 1.30. The second-order valence-corrected chi connectivity index (χ2v) is 8.72. The van der Waals surface area contributed by atoms with Crippen LogP contribution in [0.25, 0.3) is 11.3 Å². The van der Waals surface area contributed by atoms with Crippen molar-refractivity contribution in [2.45, 2.75) is 37.8 Å². The highest BCUT2D eigenvalue weighted by molar-refractivity contribution is 5.76. The smallest absolute Gasteiger partial charge is 0.228 e. The predicted octanol–water partition coefficient (Wildman–Crippen LogP) is 1.03. The highest BCUT2D eigenvalue weighted by Crippen LogP contribution is 2.59. The molecule has 1 saturated heterocycles. The van der Waals surface area contributed by atoms with Crippen LogP contribution in [0.3, 0.4) is 0 Å². The van der Waals surface area contributed by atoms with Gasteiger partial charge in [0, 0.05) is 30.0 Å². The summed E-state index contributed by atoms with van der Waals surface area (Å²) in [7, 11) is 2.00. The van der Waals surface area contributed by atoms with Crippen LogP contribution in [0.4, 0.5) is 0 Å². The molecule has 1 saturated carbocycles. The molecule has 1 spiro atoms. The second kappa shape index (κ2) is 6.71. The van der Waals surface area contributed by atoms with E-state index in [0.717, 1.165) is 44.6 Å². The zero-order valence-corrected chi connectivity index (χ0v) is 16.4. The van der Waals surface area contributed by atoms with E-state index in [-0.39, 0.29) is 29.4 Å². The topological polar surface area (TPSA) is 75.0 Å². The van der Waals surface area contributed by atoms with Crippen LogP contribution in [-0.4, -0.2) is 58.3 Å². The second-order valence-electron chi connectivity index (χ2n) is 8.72. The molecule has 2 aromatic rings. The van der Waals surface area contributed by atoms with Gasteiger partial charge >= 0.3 is 0 Å². The number of hydrogen-bond donors (Lipinski definition) is 2. The number of aromatic nitrogens is 2. The number of likely N-dealkylation sites (tertiary alicyclic amines) is 1. The van der Waals surface area contributed by atoms with E-state index in [1.807, 2.05) is 29.8 Å². The monoisotopic (exact) mass is 381 g/mol. The summed E-state index contributed by atoms with van der Waals surface area (Å²) < 4.78 is 2.24. The van der Waals surface area contributed by atoms with E-state index in [2.05, 4.69) is 33.8 Å². The Morgan fingerprint density at radius 2 is 2.11 bits per heavy atom. The number of nitrogens with two attached hydrogens (primary N) is 1. The predicted molar refractivity (Wildman–Crippen MR) is 105 cm³/mol. The first-order valence-electron chi connectivity index (χ1n) is 10.5. The number of carbonyl (C=O) groups excluding carboxylic acids is 1. The van der Waals surface area contributed by atoms with E-state index in [0.29, 0.717) is 6.42 Å². The molecule has 2 aliphatic heterocycles. The fourth-order valence-electron chi connectivity index (χ4n) is 5.72. The highest BCUT2D eigenvalue weighted by Gasteiger charge is 2.58. The minimum absolute atomic E-state index is 0.0173. The fraction of sp³-hybridized carbons (Fsp3) is 0.545. The Labute approximate surface area is 165 Å². The van der Waals surface area contributed by atoms with Crippen LogP contribution in [0.1, 0.15) is 37.3 Å². The standard InChI is InChI=1S/C22H28N4O2/c1-23-9-6-19(27)25-10-7-22(8-11-25)12-17(21(22)28)20-16-5-3-2-4-15(16)18-13-24-14-26(18)20/h2-5,13-14,17,20-21,23,28H,6-12H2,1H3/p+1/t17-,20+,21+/m0/s1. The van der Waals surface area contributed by atoms with Crippen LogP contribution in [0.2, 0.25) is 0 Å². The molecule has 1 amide bonds. The lowest BCUT2D eigenvalue weighted by Gasteiger charge is -2.58. The van der Waals surface area contributed by atoms with Crippen molar-refractivity contribution in [3.05, 3.63) is 42.4 Å². The van der Waals surface area contributed by atoms with Gasteiger partial charge in [0.05, 0.1) is 50.4 Å². The molecule has 3 N–H and O–H groups in total. The van der Waals surface area contributed by atoms with Gasteiger partial charge in [-0.25, -0.2) is 4.98 Å². The van der Waals surface area contributed by atoms with E-state index in [9.17, 15) is 9.90 Å². The number of piperidine rings is 1. The Bertz CT molecular complexity index is 884. The van der Waals surface area contributed by atoms with Crippen molar-refractivity contribution in [2.75, 3.05) is 26.7 Å². The van der Waals surface area contributed by atoms with Gasteiger partial charge in [0.15, 0.2) is 0 Å². The molecular formula is C22H29N4O2+. The Morgan fingerprint density at radius 1 is 1.32 bits per heavy atom. The Kier molecular flexibility index (Phi) is 4.29. The number of nitrogens with zero attached hydrogens (tertiary/aromatic N) is 3. The fourth-order valence-corrected chi connectivity index (χ4v) is 5.72. The van der Waals surface area contributed by atoms with Crippen molar-refractivity contribution in [3.63, 3.8) is 0 Å². The van der Waals surface area contributed by atoms with Crippen LogP contribution < -0.4 is 5.32 Å². The minimum Gasteiger partial charge on any atom is -0.392 e. The molecule has 0 radical (unpaired) electrons. The largest absolute Gasteiger partial charge is 0.392 e. The van der Waals surface area contributed by atoms with Gasteiger partial charge in [-0.2, -0.15) is 0 Å². The maximum absolute atomic E-state index is 12.3. The summed E-state index contributed by atoms with van der Waals surface area (Å²) in [6.45, 7) is 2.41. The quantitative estimate of drug-likeness (QED) is 0.831. The zero-order chi connectivity index (χ0) is 19.3. The zero-order valence-electron chi connectivity index (χ0n) is 16.4. The Morgan fingerprint density at radius 3 is 2.86 bits per heavy atom. The molecule has 0 bridgehead atoms. The summed E-state index contributed by atoms with van der Waals surface area (Å²) in [6, 6.07) is 8.68. The molecule has 3 heterocycles. The molecule has 1 aliphatic carbocycles. The molecular weight excluding hydrogens is 352 g/mol. The third-order valence-electron chi connectivity index (χ3n) is 7.36. The van der Waals surface area contributed by atoms with Crippen molar-refractivity contribution in [2.24, 2.45) is 11.3 Å². The molecule has 5 rings (SSSR count). The molecule has 28 heavy (non-hydrogen) atoms. The number of imidazole rings is 1. The number of benzene rings is 1. The average Bonchev–Trinajstić information content (AvgIpc) is 3.32. The molecule has 3 atom stereocenters. The number of hydrogen-bond acceptors (Lipinski definition) is 3. The maximum atomic E-state index is 12.3. The summed E-state index contributed by atoms with van der Waals surface area (Å²) in [4.78, 5) is 18.7. The third kappa shape index (κ3) is 2.54. The summed E-state index contributed by atoms with van der Waals surface area (Å²) in [6.07, 6.45) is 6.97. The summed E-state index contributed by atoms with van der Waals surface area (Å²) in [5, 5.41) is 13.3. The number of fused-ring (bicyclic) bond motifs is 3. The maximum Gasteiger partial charge on any atom is 0.228 e. The van der Waals surface area contributed by atoms with Crippen LogP contribution in [0, 0.1) is 11.3 Å². The molecule has 6 nitrogen and oxygen atoms in total. The lowest BCUT2D eigenvalue weighted by atomic mass is 9.53. The van der Waals surface area contributed by atoms with E-state index in [4.69, 9.17) is 0 Å². The van der Waals surface area contributed by atoms with Crippen molar-refractivity contribution >= 4 is 5.91 Å². The van der Waals surface area contributed by atoms with Gasteiger partial charge in [-0.15, -0.1) is 0 Å². The first-order chi connectivity index (χ1) is 13.6. The number of quaternary nitrogens is 1. The van der Waals surface area contributed by atoms with Gasteiger partial charge < -0.3 is 19.9 Å². The number of amides is 1. The van der Waals surface area contributed by atoms with Crippen LogP contribution >= 0.6 is 0 Å². The molecule has 6 heteroatoms. The van der Waals surface area contributed by atoms with Crippen LogP contribution in [0.5, 0.6) is 0 Å². The molecule has 3 aliphatic rings. The van der Waals surface area contributed by atoms with E-state index in [1.54, 1.807) is 0 Å². The van der Waals surface area contributed by atoms with Crippen molar-refractivity contribution in [1.82, 2.24) is 14.5 Å². The lowest BCUT2D eigenvalue weighted by Crippen LogP contribution is -2.80. The van der Waals surface area contributed by atoms with Gasteiger partial charge in [-0.3, -0.25) is 4.79 Å². The van der Waals surface area contributed by atoms with E-state index in [1.165, 1.54) is 11.1 Å². The Hall–Kier alpha value is -2.18. The van der Waals surface area contributed by atoms with Gasteiger partial charge in [0.1, 0.15) is 0 Å². The number of aliphatic hydroxyl groups excluding tert-OH is 1. The number of carbonyl (C=O) groups is 1. The number of aliphatic hydroxyl groups is 1. The third-order valence-corrected chi connectivity index (χ3v) is 7.36. The normalized spacial score (nSPS) is 27.4. The first-order valence-corrected chi connectivity index (χ1v) is 10.5. The van der Waals surface area contributed by atoms with E-state index >= 15 is 0 Å². The SMILES string of the molecule is C[NH2+]CCC(=O)N1CCC2(CC1)C[C@@H]([C@H]1c3ccccc3-c3cncn31)[C@H]2O. The van der Waals surface area contributed by atoms with E-state index < -0.39 is 0 Å². The van der Waals surface area contributed by atoms with Gasteiger partial charge in [-0.05, 0) is 24.8 Å². The summed E-state index contributed by atoms with van der Waals surface area (Å²) >= 11 is 0. The molecule has 1 aromatic carbocycles. The van der Waals surface area contributed by atoms with Crippen molar-refractivity contribution < 1.29 is 15.2 Å². The van der Waals surface area contributed by atoms with Crippen molar-refractivity contribution in [3.8, 4) is 11.3 Å². The number of rotatable bonds is 4. The molecule has 0 unspecified atom stereocenters. The van der Waals surface area contributed by atoms with Crippen LogP contribution in [0.15, 0.2) is 36.8 Å². The van der Waals surface area contributed by atoms with Gasteiger partial charge in [0.25, 0.3) is 0 Å². The van der Waals surface area contributed by atoms with Crippen molar-refractivity contribution in [1.29, 1.82) is 0 Å². The molecule has 148 valence electrons. The summed E-state index contributed by atoms with van der Waals surface area (Å²) in [5.74, 6) is 0.472. The average molecular weight is 382 g/mol. The molecule has 2 fully saturated rings. The van der Waals surface area contributed by atoms with Gasteiger partial charge in [-0.1, -0.05) is 24.3 Å². The summed E-state index contributed by atoms with van der Waals surface area (Å²) in [5.41, 5.74) is 3.69. The van der Waals surface area contributed by atoms with Crippen LogP contribution in [-0.2, 0) is 4.79 Å². The van der Waals surface area contributed by atoms with Gasteiger partial charge in [0.2, 0.25) is 5.91 Å².